The molecule has 100 valence electrons. The molecule has 1 aliphatic heterocycles. The summed E-state index contributed by atoms with van der Waals surface area (Å²) in [5, 5.41) is 0. The highest BCUT2D eigenvalue weighted by molar-refractivity contribution is 5.08. The standard InChI is InChI=1S/C15H29NO/c1-11(2)14-6-7-15(8-13(15)9-17-5)10-16(14)12(3)4/h11-14H,6-10H2,1-5H3. The predicted octanol–water partition coefficient (Wildman–Crippen LogP) is 3.17. The van der Waals surface area contributed by atoms with Crippen molar-refractivity contribution in [3.05, 3.63) is 0 Å². The fourth-order valence-corrected chi connectivity index (χ4v) is 3.81. The molecule has 2 fully saturated rings. The van der Waals surface area contributed by atoms with E-state index in [0.717, 1.165) is 24.5 Å². The Labute approximate surface area is 107 Å². The Bertz CT molecular complexity index is 264. The van der Waals surface area contributed by atoms with E-state index in [-0.39, 0.29) is 0 Å². The van der Waals surface area contributed by atoms with E-state index >= 15 is 0 Å². The quantitative estimate of drug-likeness (QED) is 0.747. The van der Waals surface area contributed by atoms with E-state index in [1.54, 1.807) is 0 Å². The summed E-state index contributed by atoms with van der Waals surface area (Å²) in [5.41, 5.74) is 0.617. The number of nitrogens with zero attached hydrogens (tertiary/aromatic N) is 1. The molecule has 0 aromatic rings. The van der Waals surface area contributed by atoms with Gasteiger partial charge in [-0.1, -0.05) is 13.8 Å². The van der Waals surface area contributed by atoms with Gasteiger partial charge in [-0.2, -0.15) is 0 Å². The summed E-state index contributed by atoms with van der Waals surface area (Å²) in [6.45, 7) is 11.7. The summed E-state index contributed by atoms with van der Waals surface area (Å²) in [6, 6.07) is 1.48. The largest absolute Gasteiger partial charge is 0.384 e. The lowest BCUT2D eigenvalue weighted by Gasteiger charge is -2.45. The lowest BCUT2D eigenvalue weighted by molar-refractivity contribution is 0.0300. The third kappa shape index (κ3) is 2.53. The summed E-state index contributed by atoms with van der Waals surface area (Å²) in [4.78, 5) is 2.75. The molecule has 0 amide bonds. The van der Waals surface area contributed by atoms with Crippen LogP contribution in [0.1, 0.15) is 47.0 Å². The van der Waals surface area contributed by atoms with E-state index in [2.05, 4.69) is 32.6 Å². The maximum absolute atomic E-state index is 5.34. The first-order valence-electron chi connectivity index (χ1n) is 7.25. The first-order chi connectivity index (χ1) is 8.00. The van der Waals surface area contributed by atoms with E-state index in [4.69, 9.17) is 4.74 Å². The molecular formula is C15H29NO. The molecule has 0 aromatic carbocycles. The smallest absolute Gasteiger partial charge is 0.0496 e. The summed E-state index contributed by atoms with van der Waals surface area (Å²) >= 11 is 0. The second-order valence-electron chi connectivity index (χ2n) is 6.83. The summed E-state index contributed by atoms with van der Waals surface area (Å²) in [5.74, 6) is 1.62. The topological polar surface area (TPSA) is 12.5 Å². The van der Waals surface area contributed by atoms with Crippen molar-refractivity contribution in [2.45, 2.75) is 59.0 Å². The summed E-state index contributed by atoms with van der Waals surface area (Å²) in [6.07, 6.45) is 4.21. The number of hydrogen-bond donors (Lipinski definition) is 0. The van der Waals surface area contributed by atoms with Crippen LogP contribution in [0.15, 0.2) is 0 Å². The number of likely N-dealkylation sites (tertiary alicyclic amines) is 1. The molecular weight excluding hydrogens is 210 g/mol. The molecule has 2 heteroatoms. The van der Waals surface area contributed by atoms with E-state index in [9.17, 15) is 0 Å². The van der Waals surface area contributed by atoms with Gasteiger partial charge in [0.25, 0.3) is 0 Å². The van der Waals surface area contributed by atoms with Gasteiger partial charge in [0.2, 0.25) is 0 Å². The Kier molecular flexibility index (Phi) is 3.84. The van der Waals surface area contributed by atoms with Crippen LogP contribution in [-0.2, 0) is 4.74 Å². The maximum atomic E-state index is 5.34. The van der Waals surface area contributed by atoms with Crippen molar-refractivity contribution in [2.24, 2.45) is 17.3 Å². The Hall–Kier alpha value is -0.0800. The maximum Gasteiger partial charge on any atom is 0.0496 e. The van der Waals surface area contributed by atoms with Crippen LogP contribution in [0.5, 0.6) is 0 Å². The van der Waals surface area contributed by atoms with Gasteiger partial charge in [-0.15, -0.1) is 0 Å². The first-order valence-corrected chi connectivity index (χ1v) is 7.25. The third-order valence-electron chi connectivity index (χ3n) is 5.02. The predicted molar refractivity (Wildman–Crippen MR) is 72.1 cm³/mol. The normalized spacial score (nSPS) is 38.3. The molecule has 17 heavy (non-hydrogen) atoms. The second kappa shape index (κ2) is 4.89. The molecule has 1 aliphatic carbocycles. The van der Waals surface area contributed by atoms with Gasteiger partial charge in [-0.3, -0.25) is 4.90 Å². The molecule has 0 N–H and O–H groups in total. The van der Waals surface area contributed by atoms with Crippen molar-refractivity contribution in [2.75, 3.05) is 20.3 Å². The lowest BCUT2D eigenvalue weighted by Crippen LogP contribution is -2.50. The van der Waals surface area contributed by atoms with Crippen LogP contribution >= 0.6 is 0 Å². The van der Waals surface area contributed by atoms with E-state index in [0.29, 0.717) is 11.5 Å². The van der Waals surface area contributed by atoms with Gasteiger partial charge in [0.05, 0.1) is 0 Å². The summed E-state index contributed by atoms with van der Waals surface area (Å²) in [7, 11) is 1.84. The van der Waals surface area contributed by atoms with Gasteiger partial charge < -0.3 is 4.74 Å². The van der Waals surface area contributed by atoms with E-state index in [1.165, 1.54) is 25.8 Å². The van der Waals surface area contributed by atoms with Crippen LogP contribution in [0.4, 0.5) is 0 Å². The minimum absolute atomic E-state index is 0.617. The monoisotopic (exact) mass is 239 g/mol. The Morgan fingerprint density at radius 1 is 1.29 bits per heavy atom. The molecule has 1 spiro atoms. The third-order valence-corrected chi connectivity index (χ3v) is 5.02. The van der Waals surface area contributed by atoms with E-state index < -0.39 is 0 Å². The Balaban J connectivity index is 2.00. The van der Waals surface area contributed by atoms with Crippen LogP contribution in [0, 0.1) is 17.3 Å². The average molecular weight is 239 g/mol. The number of piperidine rings is 1. The zero-order valence-electron chi connectivity index (χ0n) is 12.2. The average Bonchev–Trinajstić information content (AvgIpc) is 2.91. The fourth-order valence-electron chi connectivity index (χ4n) is 3.81. The Morgan fingerprint density at radius 2 is 2.00 bits per heavy atom. The highest BCUT2D eigenvalue weighted by Crippen LogP contribution is 2.59. The molecule has 2 aliphatic rings. The van der Waals surface area contributed by atoms with Crippen molar-refractivity contribution >= 4 is 0 Å². The van der Waals surface area contributed by atoms with Crippen molar-refractivity contribution in [1.82, 2.24) is 4.90 Å². The van der Waals surface area contributed by atoms with Gasteiger partial charge in [0, 0.05) is 32.3 Å². The molecule has 0 radical (unpaired) electrons. The molecule has 2 rings (SSSR count). The van der Waals surface area contributed by atoms with Crippen LogP contribution in [0.2, 0.25) is 0 Å². The molecule has 2 nitrogen and oxygen atoms in total. The fraction of sp³-hybridized carbons (Fsp3) is 1.00. The Morgan fingerprint density at radius 3 is 2.53 bits per heavy atom. The lowest BCUT2D eigenvalue weighted by atomic mass is 9.83. The zero-order valence-corrected chi connectivity index (χ0v) is 12.2. The van der Waals surface area contributed by atoms with Gasteiger partial charge in [0.15, 0.2) is 0 Å². The number of rotatable bonds is 4. The SMILES string of the molecule is COCC1CC12CCC(C(C)C)N(C(C)C)C2. The van der Waals surface area contributed by atoms with E-state index in [1.807, 2.05) is 7.11 Å². The van der Waals surface area contributed by atoms with Crippen LogP contribution in [0.25, 0.3) is 0 Å². The van der Waals surface area contributed by atoms with Gasteiger partial charge >= 0.3 is 0 Å². The highest BCUT2D eigenvalue weighted by Gasteiger charge is 2.57. The minimum Gasteiger partial charge on any atom is -0.384 e. The van der Waals surface area contributed by atoms with Crippen LogP contribution in [0.3, 0.4) is 0 Å². The number of hydrogen-bond acceptors (Lipinski definition) is 2. The number of methoxy groups -OCH3 is 1. The van der Waals surface area contributed by atoms with Gasteiger partial charge in [0.1, 0.15) is 0 Å². The molecule has 0 bridgehead atoms. The molecule has 3 unspecified atom stereocenters. The highest BCUT2D eigenvalue weighted by atomic mass is 16.5. The van der Waals surface area contributed by atoms with Gasteiger partial charge in [-0.05, 0) is 50.4 Å². The van der Waals surface area contributed by atoms with Crippen molar-refractivity contribution in [3.63, 3.8) is 0 Å². The van der Waals surface area contributed by atoms with Gasteiger partial charge in [-0.25, -0.2) is 0 Å². The number of ether oxygens (including phenoxy) is 1. The van der Waals surface area contributed by atoms with Crippen molar-refractivity contribution < 1.29 is 4.74 Å². The van der Waals surface area contributed by atoms with Crippen LogP contribution < -0.4 is 0 Å². The molecule has 0 aromatic heterocycles. The molecule has 3 atom stereocenters. The second-order valence-corrected chi connectivity index (χ2v) is 6.83. The molecule has 1 heterocycles. The van der Waals surface area contributed by atoms with Crippen LogP contribution in [-0.4, -0.2) is 37.2 Å². The molecule has 1 saturated carbocycles. The molecule has 1 saturated heterocycles. The van der Waals surface area contributed by atoms with Crippen molar-refractivity contribution in [1.29, 1.82) is 0 Å². The summed E-state index contributed by atoms with van der Waals surface area (Å²) < 4.78 is 5.34. The minimum atomic E-state index is 0.617. The zero-order chi connectivity index (χ0) is 12.6. The van der Waals surface area contributed by atoms with Crippen molar-refractivity contribution in [3.8, 4) is 0 Å². The first kappa shape index (κ1) is 13.4.